The van der Waals surface area contributed by atoms with Gasteiger partial charge in [0.05, 0.1) is 7.11 Å². The summed E-state index contributed by atoms with van der Waals surface area (Å²) in [6.07, 6.45) is -4.77. The zero-order chi connectivity index (χ0) is 22.4. The summed E-state index contributed by atoms with van der Waals surface area (Å²) in [6.45, 7) is 1.03. The van der Waals surface area contributed by atoms with Gasteiger partial charge >= 0.3 is 12.3 Å². The first kappa shape index (κ1) is 23.4. The van der Waals surface area contributed by atoms with Gasteiger partial charge in [0.1, 0.15) is 30.8 Å². The first-order valence-electron chi connectivity index (χ1n) is 8.84. The number of hydrogen-bond acceptors (Lipinski definition) is 9. The topological polar surface area (TPSA) is 70.1 Å². The van der Waals surface area contributed by atoms with Crippen LogP contribution in [0.25, 0.3) is 0 Å². The van der Waals surface area contributed by atoms with Crippen LogP contribution in [0.3, 0.4) is 0 Å². The van der Waals surface area contributed by atoms with E-state index in [1.165, 1.54) is 48.4 Å². The molecule has 1 atom stereocenters. The zero-order valence-electron chi connectivity index (χ0n) is 16.1. The first-order valence-corrected chi connectivity index (χ1v) is 11.1. The number of carbonyl (C=O) groups excluding carboxylic acids is 1. The third-order valence-electron chi connectivity index (χ3n) is 3.99. The van der Waals surface area contributed by atoms with Crippen LogP contribution >= 0.6 is 35.3 Å². The number of esters is 1. The van der Waals surface area contributed by atoms with Crippen LogP contribution in [0.15, 0.2) is 34.0 Å². The largest absolute Gasteiger partial charge is 0.573 e. The molecule has 31 heavy (non-hydrogen) atoms. The predicted octanol–water partition coefficient (Wildman–Crippen LogP) is 3.99. The normalized spacial score (nSPS) is 16.2. The van der Waals surface area contributed by atoms with Gasteiger partial charge in [0.15, 0.2) is 10.0 Å². The number of alkyl halides is 3. The number of benzene rings is 1. The molecule has 3 rings (SSSR count). The monoisotopic (exact) mass is 494 g/mol. The quantitative estimate of drug-likeness (QED) is 0.292. The van der Waals surface area contributed by atoms with Gasteiger partial charge in [-0.2, -0.15) is 0 Å². The number of ether oxygens (including phenoxy) is 4. The Labute approximate surface area is 189 Å². The summed E-state index contributed by atoms with van der Waals surface area (Å²) in [5, 5.41) is 1.96. The Morgan fingerprint density at radius 2 is 2.19 bits per heavy atom. The Kier molecular flexibility index (Phi) is 7.84. The van der Waals surface area contributed by atoms with Crippen molar-refractivity contribution >= 4 is 46.5 Å². The highest BCUT2D eigenvalue weighted by Crippen LogP contribution is 2.27. The fraction of sp³-hybridized carbons (Fsp3) is 0.389. The summed E-state index contributed by atoms with van der Waals surface area (Å²) < 4.78 is 57.4. The van der Waals surface area contributed by atoms with Gasteiger partial charge in [0.2, 0.25) is 0 Å². The molecule has 0 N–H and O–H groups in total. The van der Waals surface area contributed by atoms with E-state index in [4.69, 9.17) is 21.7 Å². The molecule has 13 heteroatoms. The van der Waals surface area contributed by atoms with E-state index < -0.39 is 12.3 Å². The molecule has 1 unspecified atom stereocenters. The molecule has 0 spiro atoms. The summed E-state index contributed by atoms with van der Waals surface area (Å²) in [6, 6.07) is 5.13. The lowest BCUT2D eigenvalue weighted by Gasteiger charge is -2.23. The summed E-state index contributed by atoms with van der Waals surface area (Å²) in [7, 11) is 1.30. The average Bonchev–Trinajstić information content (AvgIpc) is 3.32. The highest BCUT2D eigenvalue weighted by Gasteiger charge is 2.32. The summed E-state index contributed by atoms with van der Waals surface area (Å²) in [4.78, 5) is 17.5. The van der Waals surface area contributed by atoms with Crippen molar-refractivity contribution in [2.24, 2.45) is 0 Å². The molecule has 1 aliphatic rings. The Morgan fingerprint density at radius 3 is 2.94 bits per heavy atom. The van der Waals surface area contributed by atoms with Gasteiger partial charge < -0.3 is 23.8 Å². The SMILES string of the molecule is COC(=O)c1csc(SCCN2C(=S)OCC2COc2cccc(OC(F)(F)F)c2)n1. The van der Waals surface area contributed by atoms with E-state index in [2.05, 4.69) is 14.5 Å². The maximum absolute atomic E-state index is 12.4. The third-order valence-corrected chi connectivity index (χ3v) is 6.34. The Balaban J connectivity index is 1.50. The van der Waals surface area contributed by atoms with Crippen LogP contribution in [-0.2, 0) is 9.47 Å². The van der Waals surface area contributed by atoms with Gasteiger partial charge in [0.25, 0.3) is 5.17 Å². The van der Waals surface area contributed by atoms with Crippen molar-refractivity contribution in [1.29, 1.82) is 0 Å². The second-order valence-corrected chi connectivity index (χ2v) is 8.65. The van der Waals surface area contributed by atoms with Crippen molar-refractivity contribution in [3.63, 3.8) is 0 Å². The number of halogens is 3. The first-order chi connectivity index (χ1) is 14.7. The number of rotatable bonds is 9. The minimum Gasteiger partial charge on any atom is -0.491 e. The number of nitrogens with zero attached hydrogens (tertiary/aromatic N) is 2. The van der Waals surface area contributed by atoms with Crippen LogP contribution in [0.5, 0.6) is 11.5 Å². The molecule has 7 nitrogen and oxygen atoms in total. The molecule has 0 radical (unpaired) electrons. The fourth-order valence-corrected chi connectivity index (χ4v) is 4.72. The van der Waals surface area contributed by atoms with Gasteiger partial charge in [-0.1, -0.05) is 17.8 Å². The molecule has 1 saturated heterocycles. The van der Waals surface area contributed by atoms with Crippen LogP contribution in [0, 0.1) is 0 Å². The van der Waals surface area contributed by atoms with Gasteiger partial charge in [-0.15, -0.1) is 24.5 Å². The van der Waals surface area contributed by atoms with Crippen LogP contribution in [-0.4, -0.2) is 66.1 Å². The van der Waals surface area contributed by atoms with Crippen molar-refractivity contribution < 1.29 is 36.9 Å². The highest BCUT2D eigenvalue weighted by atomic mass is 32.2. The van der Waals surface area contributed by atoms with E-state index in [0.29, 0.717) is 24.1 Å². The molecule has 168 valence electrons. The van der Waals surface area contributed by atoms with Gasteiger partial charge in [-0.25, -0.2) is 9.78 Å². The molecule has 0 amide bonds. The summed E-state index contributed by atoms with van der Waals surface area (Å²) in [5.41, 5.74) is 0.262. The van der Waals surface area contributed by atoms with E-state index in [9.17, 15) is 18.0 Å². The van der Waals surface area contributed by atoms with Crippen molar-refractivity contribution in [2.75, 3.05) is 32.6 Å². The van der Waals surface area contributed by atoms with Crippen molar-refractivity contribution in [2.45, 2.75) is 16.7 Å². The number of hydrogen-bond donors (Lipinski definition) is 0. The Morgan fingerprint density at radius 1 is 1.42 bits per heavy atom. The Bertz CT molecular complexity index is 925. The third kappa shape index (κ3) is 6.87. The molecule has 2 aromatic rings. The standard InChI is InChI=1S/C18H17F3N2O5S3/c1-25-15(24)14-10-31-16(22-14)30-6-5-23-11(9-27-17(23)29)8-26-12-3-2-4-13(7-12)28-18(19,20)21/h2-4,7,10-11H,5-6,8-9H2,1H3. The highest BCUT2D eigenvalue weighted by molar-refractivity contribution is 8.01. The minimum atomic E-state index is -4.77. The van der Waals surface area contributed by atoms with E-state index in [0.717, 1.165) is 4.34 Å². The van der Waals surface area contributed by atoms with E-state index in [1.807, 2.05) is 4.90 Å². The average molecular weight is 495 g/mol. The lowest BCUT2D eigenvalue weighted by molar-refractivity contribution is -0.274. The second-order valence-electron chi connectivity index (χ2n) is 6.10. The molecule has 0 saturated carbocycles. The van der Waals surface area contributed by atoms with E-state index in [1.54, 1.807) is 11.4 Å². The smallest absolute Gasteiger partial charge is 0.491 e. The van der Waals surface area contributed by atoms with E-state index >= 15 is 0 Å². The summed E-state index contributed by atoms with van der Waals surface area (Å²) in [5.74, 6) is 0.0284. The van der Waals surface area contributed by atoms with Gasteiger partial charge in [0, 0.05) is 23.7 Å². The zero-order valence-corrected chi connectivity index (χ0v) is 18.5. The number of thioether (sulfide) groups is 1. The molecule has 0 aliphatic carbocycles. The number of methoxy groups -OCH3 is 1. The van der Waals surface area contributed by atoms with Gasteiger partial charge in [-0.05, 0) is 24.4 Å². The van der Waals surface area contributed by atoms with Crippen LogP contribution < -0.4 is 9.47 Å². The lowest BCUT2D eigenvalue weighted by Crippen LogP contribution is -2.39. The molecule has 1 aromatic heterocycles. The predicted molar refractivity (Wildman–Crippen MR) is 112 cm³/mol. The van der Waals surface area contributed by atoms with Crippen LogP contribution in [0.1, 0.15) is 10.5 Å². The number of carbonyl (C=O) groups is 1. The summed E-state index contributed by atoms with van der Waals surface area (Å²) >= 11 is 8.04. The van der Waals surface area contributed by atoms with Crippen LogP contribution in [0.2, 0.25) is 0 Å². The molecular formula is C18H17F3N2O5S3. The molecule has 0 bridgehead atoms. The second kappa shape index (κ2) is 10.4. The molecule has 1 aliphatic heterocycles. The van der Waals surface area contributed by atoms with Crippen molar-refractivity contribution in [1.82, 2.24) is 9.88 Å². The number of aromatic nitrogens is 1. The fourth-order valence-electron chi connectivity index (χ4n) is 2.61. The van der Waals surface area contributed by atoms with Crippen molar-refractivity contribution in [3.05, 3.63) is 35.3 Å². The number of thiazole rings is 1. The van der Waals surface area contributed by atoms with Crippen molar-refractivity contribution in [3.8, 4) is 11.5 Å². The maximum Gasteiger partial charge on any atom is 0.573 e. The molecular weight excluding hydrogens is 477 g/mol. The van der Waals surface area contributed by atoms with Gasteiger partial charge in [-0.3, -0.25) is 0 Å². The number of thiocarbonyl (C=S) groups is 1. The molecule has 1 aromatic carbocycles. The molecule has 2 heterocycles. The molecule has 1 fully saturated rings. The maximum atomic E-state index is 12.4. The minimum absolute atomic E-state index is 0.171. The lowest BCUT2D eigenvalue weighted by atomic mass is 10.3. The van der Waals surface area contributed by atoms with Crippen LogP contribution in [0.4, 0.5) is 13.2 Å². The van der Waals surface area contributed by atoms with E-state index in [-0.39, 0.29) is 29.8 Å². The Hall–Kier alpha value is -2.25.